The molecule has 1 rings (SSSR count). The van der Waals surface area contributed by atoms with Crippen LogP contribution in [0.1, 0.15) is 5.56 Å². The number of rotatable bonds is 0. The average Bonchev–Trinajstić information content (AvgIpc) is 1.97. The predicted octanol–water partition coefficient (Wildman–Crippen LogP) is 3.26. The molecule has 0 saturated heterocycles. The van der Waals surface area contributed by atoms with Gasteiger partial charge in [0.25, 0.3) is 0 Å². The highest BCUT2D eigenvalue weighted by molar-refractivity contribution is 7.97. The Bertz CT molecular complexity index is 158. The highest BCUT2D eigenvalue weighted by Crippen LogP contribution is 2.05. The lowest BCUT2D eigenvalue weighted by Gasteiger charge is -1.89. The monoisotopic (exact) mass is 186 g/mol. The molecule has 62 valence electrons. The maximum atomic E-state index is 4.13. The molecule has 0 amide bonds. The molecule has 0 aliphatic heterocycles. The van der Waals surface area contributed by atoms with E-state index in [4.69, 9.17) is 0 Å². The fourth-order valence-electron chi connectivity index (χ4n) is 0.545. The molecule has 0 aliphatic rings. The number of hydrogen-bond acceptors (Lipinski definition) is 2. The quantitative estimate of drug-likeness (QED) is 0.607. The molecule has 2 heteroatoms. The summed E-state index contributed by atoms with van der Waals surface area (Å²) >= 11 is 5.88. The van der Waals surface area contributed by atoms with E-state index in [9.17, 15) is 0 Å². The fourth-order valence-corrected chi connectivity index (χ4v) is 0.694. The lowest BCUT2D eigenvalue weighted by atomic mass is 10.2. The maximum absolute atomic E-state index is 4.13. The average molecular weight is 186 g/mol. The van der Waals surface area contributed by atoms with Crippen molar-refractivity contribution in [1.82, 2.24) is 0 Å². The van der Waals surface area contributed by atoms with E-state index in [1.54, 1.807) is 11.8 Å². The van der Waals surface area contributed by atoms with Gasteiger partial charge in [-0.3, -0.25) is 0 Å². The first-order chi connectivity index (χ1) is 5.20. The third-order valence-electron chi connectivity index (χ3n) is 1.03. The summed E-state index contributed by atoms with van der Waals surface area (Å²) in [6.07, 6.45) is 4.08. The minimum absolute atomic E-state index is 1.02. The van der Waals surface area contributed by atoms with Gasteiger partial charge in [-0.1, -0.05) is 17.7 Å². The lowest BCUT2D eigenvalue weighted by molar-refractivity contribution is 1.39. The second-order valence-corrected chi connectivity index (χ2v) is 3.58. The second kappa shape index (κ2) is 6.62. The van der Waals surface area contributed by atoms with Gasteiger partial charge >= 0.3 is 0 Å². The van der Waals surface area contributed by atoms with Gasteiger partial charge in [0.1, 0.15) is 0 Å². The number of thioether (sulfide) groups is 1. The number of benzene rings is 1. The van der Waals surface area contributed by atoms with Gasteiger partial charge in [-0.05, 0) is 31.6 Å². The van der Waals surface area contributed by atoms with Crippen molar-refractivity contribution in [2.45, 2.75) is 11.8 Å². The Morgan fingerprint density at radius 3 is 1.73 bits per heavy atom. The van der Waals surface area contributed by atoms with Crippen molar-refractivity contribution >= 4 is 24.4 Å². The largest absolute Gasteiger partial charge is 0.169 e. The summed E-state index contributed by atoms with van der Waals surface area (Å²) in [5.41, 5.74) is 1.28. The zero-order valence-corrected chi connectivity index (χ0v) is 8.88. The molecule has 0 aliphatic carbocycles. The van der Waals surface area contributed by atoms with Crippen LogP contribution in [0.5, 0.6) is 0 Å². The molecule has 0 saturated carbocycles. The van der Waals surface area contributed by atoms with Crippen LogP contribution in [-0.4, -0.2) is 12.5 Å². The third kappa shape index (κ3) is 6.32. The van der Waals surface area contributed by atoms with E-state index in [0.717, 1.165) is 4.90 Å². The molecule has 0 bridgehead atoms. The Morgan fingerprint density at radius 1 is 1.09 bits per heavy atom. The maximum Gasteiger partial charge on any atom is 0.00401 e. The minimum Gasteiger partial charge on any atom is -0.169 e. The van der Waals surface area contributed by atoms with Gasteiger partial charge in [0.2, 0.25) is 0 Å². The van der Waals surface area contributed by atoms with E-state index in [-0.39, 0.29) is 0 Å². The summed E-state index contributed by atoms with van der Waals surface area (Å²) in [7, 11) is 0. The minimum atomic E-state index is 1.02. The van der Waals surface area contributed by atoms with Crippen molar-refractivity contribution in [3.8, 4) is 0 Å². The second-order valence-electron chi connectivity index (χ2n) is 2.24. The molecule has 0 radical (unpaired) electrons. The van der Waals surface area contributed by atoms with Crippen molar-refractivity contribution in [2.75, 3.05) is 12.5 Å². The molecule has 1 aromatic rings. The van der Waals surface area contributed by atoms with E-state index in [1.807, 2.05) is 36.8 Å². The van der Waals surface area contributed by atoms with Gasteiger partial charge in [0, 0.05) is 4.90 Å². The topological polar surface area (TPSA) is 0 Å². The molecule has 0 atom stereocenters. The van der Waals surface area contributed by atoms with E-state index in [0.29, 0.717) is 0 Å². The molecule has 0 unspecified atom stereocenters. The normalized spacial score (nSPS) is 8.36. The Morgan fingerprint density at radius 2 is 1.45 bits per heavy atom. The Kier molecular flexibility index (Phi) is 6.57. The van der Waals surface area contributed by atoms with Crippen molar-refractivity contribution in [3.63, 3.8) is 0 Å². The van der Waals surface area contributed by atoms with Gasteiger partial charge in [-0.15, -0.1) is 12.6 Å². The van der Waals surface area contributed by atoms with Crippen LogP contribution in [0, 0.1) is 6.92 Å². The van der Waals surface area contributed by atoms with Gasteiger partial charge in [0.05, 0.1) is 0 Å². The van der Waals surface area contributed by atoms with Crippen LogP contribution < -0.4 is 0 Å². The Hall–Kier alpha value is -0.0800. The summed E-state index contributed by atoms with van der Waals surface area (Å²) < 4.78 is 0. The van der Waals surface area contributed by atoms with Crippen LogP contribution in [0.25, 0.3) is 0 Å². The molecule has 0 spiro atoms. The highest BCUT2D eigenvalue weighted by Gasteiger charge is 1.80. The first-order valence-electron chi connectivity index (χ1n) is 3.36. The lowest BCUT2D eigenvalue weighted by Crippen LogP contribution is -1.67. The first kappa shape index (κ1) is 10.9. The molecule has 1 aromatic carbocycles. The van der Waals surface area contributed by atoms with Gasteiger partial charge < -0.3 is 0 Å². The molecule has 0 nitrogen and oxygen atoms in total. The fraction of sp³-hybridized carbons (Fsp3) is 0.333. The highest BCUT2D eigenvalue weighted by atomic mass is 32.2. The van der Waals surface area contributed by atoms with Crippen molar-refractivity contribution in [3.05, 3.63) is 29.8 Å². The standard InChI is InChI=1S/C7H8S.C2H6S/c1-6-2-4-7(8)5-3-6;1-3-2/h2-5,8H,1H3;1-2H3. The molecule has 0 fully saturated rings. The van der Waals surface area contributed by atoms with Gasteiger partial charge in [-0.2, -0.15) is 11.8 Å². The van der Waals surface area contributed by atoms with Crippen molar-refractivity contribution in [1.29, 1.82) is 0 Å². The van der Waals surface area contributed by atoms with Crippen LogP contribution in [0.4, 0.5) is 0 Å². The molecule has 0 heterocycles. The van der Waals surface area contributed by atoms with Crippen LogP contribution >= 0.6 is 24.4 Å². The predicted molar refractivity (Wildman–Crippen MR) is 57.9 cm³/mol. The molecule has 0 aromatic heterocycles. The van der Waals surface area contributed by atoms with Gasteiger partial charge in [0.15, 0.2) is 0 Å². The first-order valence-corrected chi connectivity index (χ1v) is 5.44. The summed E-state index contributed by atoms with van der Waals surface area (Å²) in [5.74, 6) is 0. The molecular formula is C9H14S2. The number of thiol groups is 1. The zero-order chi connectivity index (χ0) is 8.69. The third-order valence-corrected chi connectivity index (χ3v) is 1.33. The Balaban J connectivity index is 0.000000292. The summed E-state index contributed by atoms with van der Waals surface area (Å²) in [6, 6.07) is 8.06. The molecular weight excluding hydrogens is 172 g/mol. The van der Waals surface area contributed by atoms with E-state index in [2.05, 4.69) is 19.6 Å². The van der Waals surface area contributed by atoms with Gasteiger partial charge in [-0.25, -0.2) is 0 Å². The van der Waals surface area contributed by atoms with Crippen molar-refractivity contribution < 1.29 is 0 Å². The van der Waals surface area contributed by atoms with E-state index < -0.39 is 0 Å². The van der Waals surface area contributed by atoms with E-state index in [1.165, 1.54) is 5.56 Å². The summed E-state index contributed by atoms with van der Waals surface area (Å²) in [4.78, 5) is 1.02. The van der Waals surface area contributed by atoms with Crippen LogP contribution in [0.3, 0.4) is 0 Å². The van der Waals surface area contributed by atoms with Crippen LogP contribution in [0.15, 0.2) is 29.2 Å². The zero-order valence-electron chi connectivity index (χ0n) is 7.16. The van der Waals surface area contributed by atoms with Crippen molar-refractivity contribution in [2.24, 2.45) is 0 Å². The van der Waals surface area contributed by atoms with E-state index >= 15 is 0 Å². The van der Waals surface area contributed by atoms with Crippen LogP contribution in [0.2, 0.25) is 0 Å². The number of hydrogen-bond donors (Lipinski definition) is 1. The van der Waals surface area contributed by atoms with Crippen LogP contribution in [-0.2, 0) is 0 Å². The summed E-state index contributed by atoms with van der Waals surface area (Å²) in [6.45, 7) is 2.06. The Labute approximate surface area is 78.8 Å². The smallest absolute Gasteiger partial charge is 0.00401 e. The molecule has 0 N–H and O–H groups in total. The number of aryl methyl sites for hydroxylation is 1. The summed E-state index contributed by atoms with van der Waals surface area (Å²) in [5, 5.41) is 0. The molecule has 11 heavy (non-hydrogen) atoms. The SMILES string of the molecule is CSC.Cc1ccc(S)cc1.